The molecule has 1 rings (SSSR count). The van der Waals surface area contributed by atoms with Crippen molar-refractivity contribution in [1.29, 1.82) is 5.39 Å². The number of hydrogen-bond donors (Lipinski definition) is 1. The van der Waals surface area contributed by atoms with Gasteiger partial charge in [0.1, 0.15) is 0 Å². The third-order valence-corrected chi connectivity index (χ3v) is 1.84. The molecule has 9 heteroatoms. The van der Waals surface area contributed by atoms with Crippen LogP contribution in [0.4, 0.5) is 11.4 Å². The van der Waals surface area contributed by atoms with Crippen LogP contribution in [-0.2, 0) is 19.5 Å². The predicted octanol–water partition coefficient (Wildman–Crippen LogP) is -10.4. The first-order valence-corrected chi connectivity index (χ1v) is 4.05. The minimum Gasteiger partial charge on any atom is -1.00 e. The third-order valence-electron chi connectivity index (χ3n) is 1.84. The molecule has 0 radical (unpaired) electrons. The fourth-order valence-electron chi connectivity index (χ4n) is 1.05. The van der Waals surface area contributed by atoms with E-state index >= 15 is 0 Å². The van der Waals surface area contributed by atoms with E-state index < -0.39 is 0 Å². The molecule has 0 aliphatic carbocycles. The minimum atomic E-state index is 0. The van der Waals surface area contributed by atoms with Crippen molar-refractivity contribution in [2.75, 3.05) is 25.1 Å². The van der Waals surface area contributed by atoms with Crippen molar-refractivity contribution in [2.24, 2.45) is 0 Å². The molecule has 0 bridgehead atoms. The zero-order valence-corrected chi connectivity index (χ0v) is 15.7. The molecule has 0 saturated heterocycles. The summed E-state index contributed by atoms with van der Waals surface area (Å²) in [7, 11) is 1.89. The van der Waals surface area contributed by atoms with Gasteiger partial charge in [-0.15, -0.1) is 0 Å². The summed E-state index contributed by atoms with van der Waals surface area (Å²) in [6.45, 7) is 0.720. The number of aliphatic hydroxyl groups excluding tert-OH is 1. The van der Waals surface area contributed by atoms with Crippen LogP contribution in [0.15, 0.2) is 24.3 Å². The number of rotatable bonds is 3. The Morgan fingerprint density at radius 1 is 1.11 bits per heavy atom. The molecule has 0 spiro atoms. The molecule has 1 aromatic carbocycles. The Morgan fingerprint density at radius 2 is 1.56 bits per heavy atom. The van der Waals surface area contributed by atoms with Gasteiger partial charge in [-0.25, -0.2) is 0 Å². The number of benzene rings is 1. The molecule has 0 amide bonds. The molecule has 4 nitrogen and oxygen atoms in total. The van der Waals surface area contributed by atoms with Gasteiger partial charge in [-0.2, -0.15) is 0 Å². The van der Waals surface area contributed by atoms with Crippen LogP contribution in [0.3, 0.4) is 0 Å². The van der Waals surface area contributed by atoms with E-state index in [9.17, 15) is 0 Å². The van der Waals surface area contributed by atoms with Crippen molar-refractivity contribution in [3.63, 3.8) is 0 Å². The standard InChI is InChI=1S/C9H12N3O.4ClH.Zn/c1-12(6-7-13)9-4-2-8(11-10)3-5-9;;;;;/h2-5,13H,6-7H2,1H3;4*1H;/q+1;;;;;+2/p-4. The predicted molar refractivity (Wildman–Crippen MR) is 51.5 cm³/mol. The normalized spacial score (nSPS) is 6.72. The van der Waals surface area contributed by atoms with Gasteiger partial charge in [0, 0.05) is 31.4 Å². The van der Waals surface area contributed by atoms with Crippen molar-refractivity contribution in [3.05, 3.63) is 29.2 Å². The zero-order chi connectivity index (χ0) is 9.68. The van der Waals surface area contributed by atoms with E-state index in [1.807, 2.05) is 24.1 Å². The average molecular weight is 385 g/mol. The molecular formula is C9H12Cl4N3OZn-. The summed E-state index contributed by atoms with van der Waals surface area (Å²) >= 11 is 0. The molecule has 18 heavy (non-hydrogen) atoms. The monoisotopic (exact) mass is 382 g/mol. The van der Waals surface area contributed by atoms with Crippen LogP contribution < -0.4 is 54.5 Å². The Balaban J connectivity index is -0.000000113. The summed E-state index contributed by atoms with van der Waals surface area (Å²) in [5, 5.41) is 17.1. The van der Waals surface area contributed by atoms with Gasteiger partial charge in [-0.05, 0) is 12.1 Å². The SMILES string of the molecule is CN(CCO)c1ccc([N+]#N)cc1.[Cl-].[Cl-].[Cl-].[Cl-].[Zn+2]. The summed E-state index contributed by atoms with van der Waals surface area (Å²) < 4.78 is 0. The Kier molecular flexibility index (Phi) is 29.5. The van der Waals surface area contributed by atoms with Crippen LogP contribution in [0.5, 0.6) is 0 Å². The first-order valence-electron chi connectivity index (χ1n) is 4.05. The van der Waals surface area contributed by atoms with Gasteiger partial charge in [0.2, 0.25) is 5.39 Å². The van der Waals surface area contributed by atoms with Gasteiger partial charge < -0.3 is 59.6 Å². The van der Waals surface area contributed by atoms with E-state index in [0.717, 1.165) is 5.69 Å². The largest absolute Gasteiger partial charge is 2.00 e. The van der Waals surface area contributed by atoms with E-state index in [-0.39, 0.29) is 75.7 Å². The summed E-state index contributed by atoms with van der Waals surface area (Å²) in [5.74, 6) is 0. The number of aliphatic hydroxyl groups is 1. The maximum Gasteiger partial charge on any atom is 2.00 e. The Morgan fingerprint density at radius 3 is 1.89 bits per heavy atom. The van der Waals surface area contributed by atoms with Crippen molar-refractivity contribution in [3.8, 4) is 0 Å². The number of halogens is 4. The second-order valence-electron chi connectivity index (χ2n) is 2.76. The van der Waals surface area contributed by atoms with E-state index in [2.05, 4.69) is 4.98 Å². The number of diazo groups is 1. The Labute approximate surface area is 145 Å². The van der Waals surface area contributed by atoms with Crippen molar-refractivity contribution >= 4 is 11.4 Å². The van der Waals surface area contributed by atoms with Crippen LogP contribution in [0.2, 0.25) is 0 Å². The van der Waals surface area contributed by atoms with Gasteiger partial charge in [0.15, 0.2) is 4.98 Å². The number of hydrogen-bond acceptors (Lipinski definition) is 3. The second-order valence-corrected chi connectivity index (χ2v) is 2.76. The van der Waals surface area contributed by atoms with Gasteiger partial charge in [0.25, 0.3) is 0 Å². The summed E-state index contributed by atoms with van der Waals surface area (Å²) in [6.07, 6.45) is 0. The van der Waals surface area contributed by atoms with E-state index in [0.29, 0.717) is 12.2 Å². The molecular weight excluding hydrogens is 373 g/mol. The fourth-order valence-corrected chi connectivity index (χ4v) is 1.05. The number of nitrogens with zero attached hydrogens (tertiary/aromatic N) is 3. The molecule has 1 N–H and O–H groups in total. The summed E-state index contributed by atoms with van der Waals surface area (Å²) in [4.78, 5) is 4.97. The molecule has 0 aromatic heterocycles. The maximum absolute atomic E-state index is 8.70. The first-order chi connectivity index (χ1) is 6.27. The molecule has 100 valence electrons. The molecule has 1 aromatic rings. The van der Waals surface area contributed by atoms with Crippen LogP contribution >= 0.6 is 0 Å². The number of likely N-dealkylation sites (N-methyl/N-ethyl adjacent to an activating group) is 1. The molecule has 0 unspecified atom stereocenters. The second kappa shape index (κ2) is 17.2. The minimum absolute atomic E-state index is 0. The zero-order valence-electron chi connectivity index (χ0n) is 9.73. The van der Waals surface area contributed by atoms with Crippen LogP contribution in [0, 0.1) is 5.39 Å². The van der Waals surface area contributed by atoms with Gasteiger partial charge in [0.05, 0.1) is 6.61 Å². The molecule has 0 atom stereocenters. The summed E-state index contributed by atoms with van der Waals surface area (Å²) in [6, 6.07) is 7.10. The van der Waals surface area contributed by atoms with Gasteiger partial charge >= 0.3 is 25.2 Å². The topological polar surface area (TPSA) is 51.6 Å². The molecule has 0 aliphatic heterocycles. The van der Waals surface area contributed by atoms with Gasteiger partial charge in [-0.1, -0.05) is 0 Å². The Hall–Kier alpha value is 0.183. The van der Waals surface area contributed by atoms with E-state index in [1.54, 1.807) is 12.1 Å². The molecule has 0 fully saturated rings. The first kappa shape index (κ1) is 30.9. The maximum atomic E-state index is 8.70. The van der Waals surface area contributed by atoms with Crippen LogP contribution in [0.1, 0.15) is 0 Å². The quantitative estimate of drug-likeness (QED) is 0.415. The Bertz CT molecular complexity index is 321. The van der Waals surface area contributed by atoms with Crippen molar-refractivity contribution < 1.29 is 74.2 Å². The summed E-state index contributed by atoms with van der Waals surface area (Å²) in [5.41, 5.74) is 1.52. The van der Waals surface area contributed by atoms with E-state index in [1.165, 1.54) is 0 Å². The third kappa shape index (κ3) is 10.1. The fraction of sp³-hybridized carbons (Fsp3) is 0.333. The molecule has 0 saturated carbocycles. The molecule has 0 aliphatic rings. The smallest absolute Gasteiger partial charge is 1.00 e. The average Bonchev–Trinajstić information content (AvgIpc) is 2.18. The van der Waals surface area contributed by atoms with Crippen LogP contribution in [-0.4, -0.2) is 25.3 Å². The van der Waals surface area contributed by atoms with E-state index in [4.69, 9.17) is 10.5 Å². The van der Waals surface area contributed by atoms with Crippen LogP contribution in [0.25, 0.3) is 4.98 Å². The van der Waals surface area contributed by atoms with Crippen molar-refractivity contribution in [1.82, 2.24) is 0 Å². The van der Waals surface area contributed by atoms with Gasteiger partial charge in [-0.3, -0.25) is 0 Å². The number of anilines is 1. The molecule has 0 heterocycles. The van der Waals surface area contributed by atoms with Crippen molar-refractivity contribution in [2.45, 2.75) is 0 Å².